The van der Waals surface area contributed by atoms with Gasteiger partial charge in [-0.25, -0.2) is 9.78 Å². The highest BCUT2D eigenvalue weighted by Gasteiger charge is 2.22. The van der Waals surface area contributed by atoms with Crippen LogP contribution in [0.5, 0.6) is 0 Å². The number of carbonyl (C=O) groups excluding carboxylic acids is 2. The highest BCUT2D eigenvalue weighted by molar-refractivity contribution is 5.94. The normalized spacial score (nSPS) is 12.2. The molecule has 0 fully saturated rings. The molecule has 3 rings (SSSR count). The van der Waals surface area contributed by atoms with Gasteiger partial charge in [0.15, 0.2) is 0 Å². The molecule has 0 radical (unpaired) electrons. The highest BCUT2D eigenvalue weighted by atomic mass is 19.3. The van der Waals surface area contributed by atoms with Crippen molar-refractivity contribution in [2.75, 3.05) is 6.54 Å². The Hall–Kier alpha value is -3.49. The molecule has 0 spiro atoms. The Bertz CT molecular complexity index is 1080. The Morgan fingerprint density at radius 2 is 1.69 bits per heavy atom. The van der Waals surface area contributed by atoms with Crippen LogP contribution in [0.2, 0.25) is 0 Å². The first kappa shape index (κ1) is 23.2. The van der Waals surface area contributed by atoms with Gasteiger partial charge in [0.2, 0.25) is 0 Å². The molecular weight excluding hydrogens is 416 g/mol. The predicted molar refractivity (Wildman–Crippen MR) is 119 cm³/mol. The van der Waals surface area contributed by atoms with Crippen molar-refractivity contribution in [1.82, 2.24) is 25.5 Å². The topological polar surface area (TPSA) is 88.1 Å². The van der Waals surface area contributed by atoms with Crippen LogP contribution in [-0.4, -0.2) is 34.1 Å². The van der Waals surface area contributed by atoms with Crippen LogP contribution in [-0.2, 0) is 6.54 Å². The van der Waals surface area contributed by atoms with Gasteiger partial charge in [0.1, 0.15) is 5.82 Å². The SMILES string of the molecule is CC(C)NC(=O)NCc1ccc(C(=O)NCC(C)c2nc3ccccc3n2C(F)F)cc1. The summed E-state index contributed by atoms with van der Waals surface area (Å²) in [6.07, 6.45) is 0. The summed E-state index contributed by atoms with van der Waals surface area (Å²) in [6, 6.07) is 13.3. The molecule has 0 aliphatic rings. The van der Waals surface area contributed by atoms with E-state index >= 15 is 0 Å². The molecule has 32 heavy (non-hydrogen) atoms. The minimum absolute atomic E-state index is 0.0422. The summed E-state index contributed by atoms with van der Waals surface area (Å²) in [4.78, 5) is 28.5. The van der Waals surface area contributed by atoms with Crippen molar-refractivity contribution >= 4 is 23.0 Å². The van der Waals surface area contributed by atoms with Crippen LogP contribution in [0.3, 0.4) is 0 Å². The third-order valence-electron chi connectivity index (χ3n) is 4.92. The second-order valence-electron chi connectivity index (χ2n) is 7.90. The number of benzene rings is 2. The van der Waals surface area contributed by atoms with Crippen LogP contribution in [0.15, 0.2) is 48.5 Å². The minimum Gasteiger partial charge on any atom is -0.351 e. The first-order chi connectivity index (χ1) is 15.3. The van der Waals surface area contributed by atoms with Gasteiger partial charge in [-0.2, -0.15) is 8.78 Å². The molecule has 0 bridgehead atoms. The van der Waals surface area contributed by atoms with E-state index in [1.54, 1.807) is 55.5 Å². The number of fused-ring (bicyclic) bond motifs is 1. The van der Waals surface area contributed by atoms with Gasteiger partial charge in [0.25, 0.3) is 5.91 Å². The number of aromatic nitrogens is 2. The molecule has 1 heterocycles. The first-order valence-electron chi connectivity index (χ1n) is 10.4. The molecule has 170 valence electrons. The first-order valence-corrected chi connectivity index (χ1v) is 10.4. The Kier molecular flexibility index (Phi) is 7.40. The fourth-order valence-corrected chi connectivity index (χ4v) is 3.32. The van der Waals surface area contributed by atoms with Gasteiger partial charge in [-0.3, -0.25) is 9.36 Å². The number of amides is 3. The van der Waals surface area contributed by atoms with Gasteiger partial charge in [0.05, 0.1) is 11.0 Å². The summed E-state index contributed by atoms with van der Waals surface area (Å²) in [5, 5.41) is 8.26. The Morgan fingerprint density at radius 1 is 1.00 bits per heavy atom. The third kappa shape index (κ3) is 5.60. The van der Waals surface area contributed by atoms with Crippen molar-refractivity contribution < 1.29 is 18.4 Å². The lowest BCUT2D eigenvalue weighted by atomic mass is 10.1. The van der Waals surface area contributed by atoms with Gasteiger partial charge in [-0.05, 0) is 43.7 Å². The molecule has 2 aromatic carbocycles. The lowest BCUT2D eigenvalue weighted by molar-refractivity contribution is 0.0703. The van der Waals surface area contributed by atoms with Crippen molar-refractivity contribution in [2.24, 2.45) is 0 Å². The number of hydrogen-bond acceptors (Lipinski definition) is 3. The van der Waals surface area contributed by atoms with Crippen LogP contribution in [0.1, 0.15) is 55.0 Å². The molecule has 3 amide bonds. The van der Waals surface area contributed by atoms with E-state index in [-0.39, 0.29) is 30.3 Å². The molecule has 3 N–H and O–H groups in total. The standard InChI is InChI=1S/C23H27F2N5O2/c1-14(2)28-23(32)27-13-16-8-10-17(11-9-16)21(31)26-12-15(3)20-29-18-6-4-5-7-19(18)30(20)22(24)25/h4-11,14-15,22H,12-13H2,1-3H3,(H,26,31)(H2,27,28,32). The largest absolute Gasteiger partial charge is 0.351 e. The van der Waals surface area contributed by atoms with Crippen molar-refractivity contribution in [3.8, 4) is 0 Å². The van der Waals surface area contributed by atoms with E-state index in [9.17, 15) is 18.4 Å². The van der Waals surface area contributed by atoms with E-state index < -0.39 is 12.5 Å². The smallest absolute Gasteiger partial charge is 0.320 e. The summed E-state index contributed by atoms with van der Waals surface area (Å²) >= 11 is 0. The number of hydrogen-bond donors (Lipinski definition) is 3. The van der Waals surface area contributed by atoms with E-state index in [1.165, 1.54) is 0 Å². The Balaban J connectivity index is 1.59. The fraction of sp³-hybridized carbons (Fsp3) is 0.348. The zero-order chi connectivity index (χ0) is 23.3. The number of nitrogens with one attached hydrogen (secondary N) is 3. The maximum absolute atomic E-state index is 13.6. The van der Waals surface area contributed by atoms with Crippen LogP contribution >= 0.6 is 0 Å². The summed E-state index contributed by atoms with van der Waals surface area (Å²) < 4.78 is 28.2. The van der Waals surface area contributed by atoms with E-state index in [0.29, 0.717) is 23.1 Å². The molecule has 0 aliphatic heterocycles. The zero-order valence-electron chi connectivity index (χ0n) is 18.2. The van der Waals surface area contributed by atoms with Crippen LogP contribution in [0.25, 0.3) is 11.0 Å². The highest BCUT2D eigenvalue weighted by Crippen LogP contribution is 2.27. The van der Waals surface area contributed by atoms with E-state index in [1.807, 2.05) is 13.8 Å². The lowest BCUT2D eigenvalue weighted by Gasteiger charge is -2.15. The van der Waals surface area contributed by atoms with Crippen molar-refractivity contribution in [3.05, 3.63) is 65.5 Å². The van der Waals surface area contributed by atoms with Crippen molar-refractivity contribution in [2.45, 2.75) is 45.8 Å². The predicted octanol–water partition coefficient (Wildman–Crippen LogP) is 4.17. The molecule has 0 saturated carbocycles. The Labute approximate surface area is 185 Å². The average molecular weight is 443 g/mol. The van der Waals surface area contributed by atoms with Crippen LogP contribution in [0.4, 0.5) is 13.6 Å². The van der Waals surface area contributed by atoms with Gasteiger partial charge < -0.3 is 16.0 Å². The summed E-state index contributed by atoms with van der Waals surface area (Å²) in [5.41, 5.74) is 2.14. The molecule has 0 saturated heterocycles. The quantitative estimate of drug-likeness (QED) is 0.488. The lowest BCUT2D eigenvalue weighted by Crippen LogP contribution is -2.39. The fourth-order valence-electron chi connectivity index (χ4n) is 3.32. The molecule has 7 nitrogen and oxygen atoms in total. The molecule has 9 heteroatoms. The average Bonchev–Trinajstić information content (AvgIpc) is 3.16. The van der Waals surface area contributed by atoms with Crippen LogP contribution < -0.4 is 16.0 Å². The zero-order valence-corrected chi connectivity index (χ0v) is 18.2. The van der Waals surface area contributed by atoms with Crippen molar-refractivity contribution in [1.29, 1.82) is 0 Å². The number of halogens is 2. The molecule has 1 atom stereocenters. The second kappa shape index (κ2) is 10.2. The number of urea groups is 1. The van der Waals surface area contributed by atoms with E-state index in [2.05, 4.69) is 20.9 Å². The number of alkyl halides is 2. The molecule has 1 aromatic heterocycles. The Morgan fingerprint density at radius 3 is 2.34 bits per heavy atom. The number of nitrogens with zero attached hydrogens (tertiary/aromatic N) is 2. The number of imidazole rings is 1. The van der Waals surface area contributed by atoms with E-state index in [4.69, 9.17) is 0 Å². The van der Waals surface area contributed by atoms with E-state index in [0.717, 1.165) is 10.1 Å². The summed E-state index contributed by atoms with van der Waals surface area (Å²) in [7, 11) is 0. The number of para-hydroxylation sites is 2. The molecule has 0 aliphatic carbocycles. The maximum Gasteiger partial charge on any atom is 0.320 e. The summed E-state index contributed by atoms with van der Waals surface area (Å²) in [5.74, 6) is -0.500. The van der Waals surface area contributed by atoms with Crippen LogP contribution in [0, 0.1) is 0 Å². The molecule has 3 aromatic rings. The van der Waals surface area contributed by atoms with Gasteiger partial charge in [0, 0.05) is 30.6 Å². The summed E-state index contributed by atoms with van der Waals surface area (Å²) in [6.45, 7) is 3.26. The second-order valence-corrected chi connectivity index (χ2v) is 7.90. The maximum atomic E-state index is 13.6. The number of carbonyl (C=O) groups is 2. The van der Waals surface area contributed by atoms with Gasteiger partial charge in [-0.1, -0.05) is 31.2 Å². The monoisotopic (exact) mass is 443 g/mol. The van der Waals surface area contributed by atoms with Crippen molar-refractivity contribution in [3.63, 3.8) is 0 Å². The minimum atomic E-state index is -2.72. The molecular formula is C23H27F2N5O2. The van der Waals surface area contributed by atoms with Gasteiger partial charge in [-0.15, -0.1) is 0 Å². The molecule has 1 unspecified atom stereocenters. The van der Waals surface area contributed by atoms with Gasteiger partial charge >= 0.3 is 12.6 Å². The third-order valence-corrected chi connectivity index (χ3v) is 4.92. The number of rotatable bonds is 8.